The Hall–Kier alpha value is -3.44. The smallest absolute Gasteiger partial charge is 0.475 e. The summed E-state index contributed by atoms with van der Waals surface area (Å²) < 4.78 is 31.7. The molecule has 1 amide bonds. The second-order valence-electron chi connectivity index (χ2n) is 8.52. The van der Waals surface area contributed by atoms with Crippen LogP contribution in [0.15, 0.2) is 18.5 Å². The fraction of sp³-hybridized carbons (Fsp3) is 0.522. The van der Waals surface area contributed by atoms with E-state index in [1.807, 2.05) is 51.3 Å². The molecule has 0 bridgehead atoms. The fourth-order valence-electron chi connectivity index (χ4n) is 3.36. The molecule has 9 nitrogen and oxygen atoms in total. The monoisotopic (exact) mass is 496 g/mol. The van der Waals surface area contributed by atoms with Gasteiger partial charge in [0, 0.05) is 57.7 Å². The molecule has 0 unspecified atom stereocenters. The minimum atomic E-state index is -5.08. The first-order chi connectivity index (χ1) is 16.3. The molecular weight excluding hydrogens is 465 g/mol. The normalized spacial score (nSPS) is 13.3. The summed E-state index contributed by atoms with van der Waals surface area (Å²) in [5.41, 5.74) is 3.96. The number of hydrogen-bond acceptors (Lipinski definition) is 7. The standard InChI is InChI=1S/C21H30N6O.C2HF3O2/c1-6-15-12-22-21(23-13-15)27-9-7-16-11-17(20(28)24-14(2)3)19(26(4)5)25-18(16)8-10-27;3-2(4,5)1(6)7/h11-14H,6-10H2,1-5H3,(H,24,28);(H,6,7). The van der Waals surface area contributed by atoms with Gasteiger partial charge in [0.05, 0.1) is 5.56 Å². The third-order valence-corrected chi connectivity index (χ3v) is 5.15. The maximum atomic E-state index is 12.7. The Labute approximate surface area is 202 Å². The van der Waals surface area contributed by atoms with Crippen LogP contribution >= 0.6 is 0 Å². The molecule has 2 aromatic rings. The number of rotatable bonds is 5. The molecule has 3 heterocycles. The van der Waals surface area contributed by atoms with Crippen molar-refractivity contribution in [2.75, 3.05) is 37.0 Å². The van der Waals surface area contributed by atoms with E-state index >= 15 is 0 Å². The van der Waals surface area contributed by atoms with Gasteiger partial charge in [0.25, 0.3) is 5.91 Å². The first kappa shape index (κ1) is 27.8. The molecule has 0 aromatic carbocycles. The van der Waals surface area contributed by atoms with E-state index in [9.17, 15) is 18.0 Å². The number of aryl methyl sites for hydroxylation is 1. The van der Waals surface area contributed by atoms with Crippen molar-refractivity contribution in [1.29, 1.82) is 0 Å². The summed E-state index contributed by atoms with van der Waals surface area (Å²) in [7, 11) is 3.85. The van der Waals surface area contributed by atoms with Crippen LogP contribution < -0.4 is 15.1 Å². The van der Waals surface area contributed by atoms with Crippen LogP contribution in [0, 0.1) is 0 Å². The minimum absolute atomic E-state index is 0.0754. The lowest BCUT2D eigenvalue weighted by Crippen LogP contribution is -2.32. The van der Waals surface area contributed by atoms with Crippen LogP contribution in [0.1, 0.15) is 48.0 Å². The Morgan fingerprint density at radius 3 is 2.23 bits per heavy atom. The molecule has 3 rings (SSSR count). The summed E-state index contributed by atoms with van der Waals surface area (Å²) in [6.45, 7) is 7.65. The van der Waals surface area contributed by atoms with Crippen LogP contribution in [0.25, 0.3) is 0 Å². The van der Waals surface area contributed by atoms with E-state index in [-0.39, 0.29) is 11.9 Å². The van der Waals surface area contributed by atoms with Gasteiger partial charge in [0.2, 0.25) is 5.95 Å². The summed E-state index contributed by atoms with van der Waals surface area (Å²) in [6.07, 6.45) is 1.27. The molecule has 1 aliphatic rings. The highest BCUT2D eigenvalue weighted by Crippen LogP contribution is 2.24. The number of carbonyl (C=O) groups excluding carboxylic acids is 1. The first-order valence-electron chi connectivity index (χ1n) is 11.2. The molecule has 0 spiro atoms. The predicted octanol–water partition coefficient (Wildman–Crippen LogP) is 2.88. The number of hydrogen-bond donors (Lipinski definition) is 2. The predicted molar refractivity (Wildman–Crippen MR) is 126 cm³/mol. The Kier molecular flexibility index (Phi) is 9.38. The lowest BCUT2D eigenvalue weighted by molar-refractivity contribution is -0.192. The molecule has 0 atom stereocenters. The van der Waals surface area contributed by atoms with E-state index in [2.05, 4.69) is 27.1 Å². The Morgan fingerprint density at radius 1 is 1.17 bits per heavy atom. The number of carboxylic acid groups (broad SMARTS) is 1. The maximum Gasteiger partial charge on any atom is 0.490 e. The second-order valence-corrected chi connectivity index (χ2v) is 8.52. The highest BCUT2D eigenvalue weighted by atomic mass is 19.4. The van der Waals surface area contributed by atoms with Crippen molar-refractivity contribution < 1.29 is 27.9 Å². The molecule has 12 heteroatoms. The number of carboxylic acids is 1. The summed E-state index contributed by atoms with van der Waals surface area (Å²) in [5.74, 6) is -1.36. The van der Waals surface area contributed by atoms with Crippen LogP contribution in [-0.4, -0.2) is 71.3 Å². The number of alkyl halides is 3. The molecule has 0 saturated heterocycles. The number of halogens is 3. The summed E-state index contributed by atoms with van der Waals surface area (Å²) in [4.78, 5) is 39.6. The molecule has 0 fully saturated rings. The number of fused-ring (bicyclic) bond motifs is 1. The molecule has 35 heavy (non-hydrogen) atoms. The molecule has 0 aliphatic carbocycles. The van der Waals surface area contributed by atoms with E-state index in [1.54, 1.807) is 0 Å². The summed E-state index contributed by atoms with van der Waals surface area (Å²) >= 11 is 0. The van der Waals surface area contributed by atoms with Gasteiger partial charge in [-0.2, -0.15) is 13.2 Å². The zero-order chi connectivity index (χ0) is 26.3. The van der Waals surface area contributed by atoms with E-state index in [1.165, 1.54) is 0 Å². The second kappa shape index (κ2) is 11.8. The molecule has 0 saturated carbocycles. The zero-order valence-electron chi connectivity index (χ0n) is 20.5. The third kappa shape index (κ3) is 7.79. The fourth-order valence-corrected chi connectivity index (χ4v) is 3.36. The number of amides is 1. The molecule has 2 N–H and O–H groups in total. The van der Waals surface area contributed by atoms with Crippen molar-refractivity contribution in [3.63, 3.8) is 0 Å². The van der Waals surface area contributed by atoms with E-state index < -0.39 is 12.1 Å². The average Bonchev–Trinajstić information content (AvgIpc) is 2.99. The van der Waals surface area contributed by atoms with Gasteiger partial charge in [0.1, 0.15) is 5.82 Å². The van der Waals surface area contributed by atoms with Crippen LogP contribution in [-0.2, 0) is 24.1 Å². The number of aliphatic carboxylic acids is 1. The van der Waals surface area contributed by atoms with Crippen molar-refractivity contribution in [2.45, 2.75) is 52.3 Å². The van der Waals surface area contributed by atoms with Gasteiger partial charge in [0.15, 0.2) is 0 Å². The number of nitrogens with zero attached hydrogens (tertiary/aromatic N) is 5. The summed E-state index contributed by atoms with van der Waals surface area (Å²) in [6, 6.07) is 2.10. The van der Waals surface area contributed by atoms with Crippen LogP contribution in [0.5, 0.6) is 0 Å². The van der Waals surface area contributed by atoms with Crippen LogP contribution in [0.4, 0.5) is 24.9 Å². The Balaban J connectivity index is 0.000000540. The van der Waals surface area contributed by atoms with Crippen molar-refractivity contribution in [3.05, 3.63) is 40.8 Å². The largest absolute Gasteiger partial charge is 0.490 e. The van der Waals surface area contributed by atoms with Crippen molar-refractivity contribution >= 4 is 23.6 Å². The van der Waals surface area contributed by atoms with E-state index in [0.717, 1.165) is 55.1 Å². The Bertz CT molecular complexity index is 1030. The van der Waals surface area contributed by atoms with E-state index in [0.29, 0.717) is 11.4 Å². The lowest BCUT2D eigenvalue weighted by atomic mass is 10.0. The maximum absolute atomic E-state index is 12.7. The zero-order valence-corrected chi connectivity index (χ0v) is 20.5. The number of carbonyl (C=O) groups is 2. The minimum Gasteiger partial charge on any atom is -0.475 e. The van der Waals surface area contributed by atoms with Gasteiger partial charge in [-0.3, -0.25) is 4.79 Å². The molecule has 1 aliphatic heterocycles. The van der Waals surface area contributed by atoms with Gasteiger partial charge in [-0.1, -0.05) is 6.92 Å². The first-order valence-corrected chi connectivity index (χ1v) is 11.2. The van der Waals surface area contributed by atoms with Gasteiger partial charge in [-0.15, -0.1) is 0 Å². The average molecular weight is 497 g/mol. The molecular formula is C23H31F3N6O3. The topological polar surface area (TPSA) is 112 Å². The lowest BCUT2D eigenvalue weighted by Gasteiger charge is -2.19. The van der Waals surface area contributed by atoms with Crippen molar-refractivity contribution in [1.82, 2.24) is 20.3 Å². The number of nitrogens with one attached hydrogen (secondary N) is 1. The quantitative estimate of drug-likeness (QED) is 0.650. The number of anilines is 2. The van der Waals surface area contributed by atoms with Crippen LogP contribution in [0.3, 0.4) is 0 Å². The van der Waals surface area contributed by atoms with Gasteiger partial charge >= 0.3 is 12.1 Å². The molecule has 192 valence electrons. The SMILES string of the molecule is CCc1cnc(N2CCc3cc(C(=O)NC(C)C)c(N(C)C)nc3CC2)nc1.O=C(O)C(F)(F)F. The molecule has 2 aromatic heterocycles. The number of aromatic nitrogens is 3. The highest BCUT2D eigenvalue weighted by molar-refractivity contribution is 5.99. The number of pyridine rings is 1. The van der Waals surface area contributed by atoms with Gasteiger partial charge in [-0.05, 0) is 43.9 Å². The van der Waals surface area contributed by atoms with Gasteiger partial charge in [-0.25, -0.2) is 19.7 Å². The van der Waals surface area contributed by atoms with E-state index in [4.69, 9.17) is 14.9 Å². The molecule has 0 radical (unpaired) electrons. The highest BCUT2D eigenvalue weighted by Gasteiger charge is 2.38. The van der Waals surface area contributed by atoms with Crippen molar-refractivity contribution in [3.8, 4) is 0 Å². The summed E-state index contributed by atoms with van der Waals surface area (Å²) in [5, 5.41) is 10.1. The van der Waals surface area contributed by atoms with Crippen LogP contribution in [0.2, 0.25) is 0 Å². The van der Waals surface area contributed by atoms with Crippen molar-refractivity contribution in [2.24, 2.45) is 0 Å². The van der Waals surface area contributed by atoms with Gasteiger partial charge < -0.3 is 20.2 Å². The third-order valence-electron chi connectivity index (χ3n) is 5.15. The Morgan fingerprint density at radius 2 is 1.74 bits per heavy atom.